The van der Waals surface area contributed by atoms with Gasteiger partial charge >= 0.3 is 0 Å². The summed E-state index contributed by atoms with van der Waals surface area (Å²) in [6.45, 7) is 0.362. The number of β-amino-alcohol motifs (C(OH)–C–C–N with tert-alkyl or cyclic N) is 1. The number of amides is 1. The maximum absolute atomic E-state index is 11.4. The van der Waals surface area contributed by atoms with Gasteiger partial charge in [-0.3, -0.25) is 4.79 Å². The van der Waals surface area contributed by atoms with Crippen molar-refractivity contribution < 1.29 is 14.3 Å². The molecule has 76 valence electrons. The van der Waals surface area contributed by atoms with Crippen LogP contribution in [0.5, 0.6) is 0 Å². The second kappa shape index (κ2) is 4.06. The predicted octanol–water partition coefficient (Wildman–Crippen LogP) is 0.846. The Bertz CT molecular complexity index is 312. The van der Waals surface area contributed by atoms with Gasteiger partial charge in [-0.25, -0.2) is 0 Å². The number of carbonyl (C=O) groups is 1. The minimum atomic E-state index is -0.0651. The topological polar surface area (TPSA) is 53.7 Å². The maximum atomic E-state index is 11.4. The van der Waals surface area contributed by atoms with E-state index in [1.54, 1.807) is 17.2 Å². The van der Waals surface area contributed by atoms with Gasteiger partial charge in [0.15, 0.2) is 0 Å². The first-order valence-electron chi connectivity index (χ1n) is 4.38. The Balaban J connectivity index is 2.15. The van der Waals surface area contributed by atoms with Crippen LogP contribution in [0.1, 0.15) is 11.1 Å². The Hall–Kier alpha value is -0.940. The highest BCUT2D eigenvalue weighted by Crippen LogP contribution is 2.38. The first-order chi connectivity index (χ1) is 6.83. The molecule has 1 saturated heterocycles. The van der Waals surface area contributed by atoms with Gasteiger partial charge < -0.3 is 14.4 Å². The molecule has 0 bridgehead atoms. The lowest BCUT2D eigenvalue weighted by atomic mass is 10.4. The van der Waals surface area contributed by atoms with Gasteiger partial charge in [0.2, 0.25) is 5.91 Å². The minimum absolute atomic E-state index is 0.0104. The molecule has 1 aromatic heterocycles. The summed E-state index contributed by atoms with van der Waals surface area (Å²) in [7, 11) is 0. The van der Waals surface area contributed by atoms with E-state index in [2.05, 4.69) is 0 Å². The van der Waals surface area contributed by atoms with Gasteiger partial charge in [0.05, 0.1) is 18.6 Å². The van der Waals surface area contributed by atoms with E-state index in [4.69, 9.17) is 9.52 Å². The van der Waals surface area contributed by atoms with E-state index < -0.39 is 0 Å². The van der Waals surface area contributed by atoms with Crippen molar-refractivity contribution in [2.45, 2.75) is 5.37 Å². The summed E-state index contributed by atoms with van der Waals surface area (Å²) in [6.07, 6.45) is 1.59. The molecule has 2 rings (SSSR count). The molecule has 1 fully saturated rings. The zero-order valence-electron chi connectivity index (χ0n) is 7.55. The largest absolute Gasteiger partial charge is 0.466 e. The number of aliphatic hydroxyl groups excluding tert-OH is 1. The van der Waals surface area contributed by atoms with Crippen molar-refractivity contribution in [2.75, 3.05) is 18.9 Å². The Morgan fingerprint density at radius 1 is 1.71 bits per heavy atom. The third-order valence-electron chi connectivity index (χ3n) is 2.10. The molecule has 1 aliphatic heterocycles. The van der Waals surface area contributed by atoms with Gasteiger partial charge in [-0.1, -0.05) is 0 Å². The van der Waals surface area contributed by atoms with Crippen LogP contribution in [0, 0.1) is 0 Å². The fourth-order valence-electron chi connectivity index (χ4n) is 1.47. The number of nitrogens with zero attached hydrogens (tertiary/aromatic N) is 1. The summed E-state index contributed by atoms with van der Waals surface area (Å²) in [6, 6.07) is 3.65. The molecule has 0 aliphatic carbocycles. The maximum Gasteiger partial charge on any atom is 0.234 e. The van der Waals surface area contributed by atoms with Gasteiger partial charge in [-0.15, -0.1) is 11.8 Å². The Kier molecular flexibility index (Phi) is 2.79. The molecule has 1 N–H and O–H groups in total. The highest BCUT2D eigenvalue weighted by molar-refractivity contribution is 8.00. The number of thioether (sulfide) groups is 1. The Morgan fingerprint density at radius 2 is 2.57 bits per heavy atom. The zero-order valence-corrected chi connectivity index (χ0v) is 8.37. The Labute approximate surface area is 85.9 Å². The van der Waals surface area contributed by atoms with Gasteiger partial charge in [0.1, 0.15) is 11.1 Å². The summed E-state index contributed by atoms with van der Waals surface area (Å²) in [5.41, 5.74) is 0. The normalized spacial score (nSPS) is 21.9. The van der Waals surface area contributed by atoms with Crippen LogP contribution in [-0.2, 0) is 4.79 Å². The van der Waals surface area contributed by atoms with Crippen LogP contribution in [0.25, 0.3) is 0 Å². The van der Waals surface area contributed by atoms with Crippen molar-refractivity contribution in [2.24, 2.45) is 0 Å². The van der Waals surface area contributed by atoms with Crippen LogP contribution in [-0.4, -0.2) is 34.8 Å². The van der Waals surface area contributed by atoms with E-state index in [-0.39, 0.29) is 17.9 Å². The average molecular weight is 213 g/mol. The van der Waals surface area contributed by atoms with E-state index in [9.17, 15) is 4.79 Å². The van der Waals surface area contributed by atoms with Crippen molar-refractivity contribution in [3.8, 4) is 0 Å². The summed E-state index contributed by atoms with van der Waals surface area (Å²) < 4.78 is 5.25. The third kappa shape index (κ3) is 1.65. The summed E-state index contributed by atoms with van der Waals surface area (Å²) >= 11 is 1.53. The first-order valence-corrected chi connectivity index (χ1v) is 5.43. The molecule has 5 heteroatoms. The van der Waals surface area contributed by atoms with Gasteiger partial charge in [-0.05, 0) is 12.1 Å². The quantitative estimate of drug-likeness (QED) is 0.808. The molecule has 14 heavy (non-hydrogen) atoms. The monoisotopic (exact) mass is 213 g/mol. The molecule has 1 aromatic rings. The predicted molar refractivity (Wildman–Crippen MR) is 52.7 cm³/mol. The average Bonchev–Trinajstić information content (AvgIpc) is 2.77. The van der Waals surface area contributed by atoms with Crippen LogP contribution in [0.3, 0.4) is 0 Å². The van der Waals surface area contributed by atoms with Gasteiger partial charge in [0, 0.05) is 6.54 Å². The van der Waals surface area contributed by atoms with Crippen molar-refractivity contribution in [1.29, 1.82) is 0 Å². The van der Waals surface area contributed by atoms with Crippen LogP contribution >= 0.6 is 11.8 Å². The second-order valence-electron chi connectivity index (χ2n) is 2.99. The highest BCUT2D eigenvalue weighted by atomic mass is 32.2. The van der Waals surface area contributed by atoms with Crippen molar-refractivity contribution in [3.05, 3.63) is 24.2 Å². The summed E-state index contributed by atoms with van der Waals surface area (Å²) in [5.74, 6) is 1.30. The van der Waals surface area contributed by atoms with Crippen LogP contribution in [0.15, 0.2) is 22.8 Å². The van der Waals surface area contributed by atoms with E-state index >= 15 is 0 Å². The lowest BCUT2D eigenvalue weighted by Crippen LogP contribution is -2.30. The molecule has 1 atom stereocenters. The number of aliphatic hydroxyl groups is 1. The molecule has 0 aromatic carbocycles. The number of hydrogen-bond acceptors (Lipinski definition) is 4. The minimum Gasteiger partial charge on any atom is -0.466 e. The molecular weight excluding hydrogens is 202 g/mol. The lowest BCUT2D eigenvalue weighted by molar-refractivity contribution is -0.128. The lowest BCUT2D eigenvalue weighted by Gasteiger charge is -2.20. The third-order valence-corrected chi connectivity index (χ3v) is 3.31. The van der Waals surface area contributed by atoms with E-state index in [1.165, 1.54) is 11.8 Å². The molecule has 1 amide bonds. The van der Waals surface area contributed by atoms with Crippen molar-refractivity contribution in [3.63, 3.8) is 0 Å². The van der Waals surface area contributed by atoms with Gasteiger partial charge in [-0.2, -0.15) is 0 Å². The molecule has 0 spiro atoms. The van der Waals surface area contributed by atoms with Crippen molar-refractivity contribution in [1.82, 2.24) is 4.90 Å². The van der Waals surface area contributed by atoms with E-state index in [0.717, 1.165) is 5.76 Å². The molecular formula is C9H11NO3S. The fraction of sp³-hybridized carbons (Fsp3) is 0.444. The number of carbonyl (C=O) groups excluding carboxylic acids is 1. The standard InChI is InChI=1S/C9H11NO3S/c11-4-3-10-8(12)6-14-9(10)7-2-1-5-13-7/h1-2,5,9,11H,3-4,6H2. The SMILES string of the molecule is O=C1CSC(c2ccco2)N1CCO. The van der Waals surface area contributed by atoms with Crippen LogP contribution in [0.4, 0.5) is 0 Å². The second-order valence-corrected chi connectivity index (χ2v) is 4.06. The van der Waals surface area contributed by atoms with Gasteiger partial charge in [0.25, 0.3) is 0 Å². The van der Waals surface area contributed by atoms with E-state index in [0.29, 0.717) is 12.3 Å². The molecule has 1 aliphatic rings. The number of hydrogen-bond donors (Lipinski definition) is 1. The summed E-state index contributed by atoms with van der Waals surface area (Å²) in [5, 5.41) is 8.76. The molecule has 0 radical (unpaired) electrons. The van der Waals surface area contributed by atoms with Crippen LogP contribution in [0.2, 0.25) is 0 Å². The molecule has 0 saturated carbocycles. The van der Waals surface area contributed by atoms with E-state index in [1.807, 2.05) is 6.07 Å². The summed E-state index contributed by atoms with van der Waals surface area (Å²) in [4.78, 5) is 13.1. The Morgan fingerprint density at radius 3 is 3.21 bits per heavy atom. The smallest absolute Gasteiger partial charge is 0.234 e. The number of furan rings is 1. The van der Waals surface area contributed by atoms with Crippen molar-refractivity contribution >= 4 is 17.7 Å². The zero-order chi connectivity index (χ0) is 9.97. The number of rotatable bonds is 3. The van der Waals surface area contributed by atoms with Crippen LogP contribution < -0.4 is 0 Å². The fourth-order valence-corrected chi connectivity index (χ4v) is 2.64. The molecule has 4 nitrogen and oxygen atoms in total. The molecule has 1 unspecified atom stereocenters. The first kappa shape index (κ1) is 9.61. The highest BCUT2D eigenvalue weighted by Gasteiger charge is 2.33. The molecule has 2 heterocycles.